The summed E-state index contributed by atoms with van der Waals surface area (Å²) in [5.41, 5.74) is 0.0609. The topological polar surface area (TPSA) is 93.3 Å². The molecule has 2 aromatic rings. The van der Waals surface area contributed by atoms with Crippen molar-refractivity contribution in [3.8, 4) is 0 Å². The third kappa shape index (κ3) is 3.75. The summed E-state index contributed by atoms with van der Waals surface area (Å²) in [7, 11) is 0. The van der Waals surface area contributed by atoms with E-state index in [4.69, 9.17) is 5.11 Å². The second-order valence-corrected chi connectivity index (χ2v) is 5.86. The minimum absolute atomic E-state index is 0.194. The number of hydrogen-bond donors (Lipinski definition) is 1. The summed E-state index contributed by atoms with van der Waals surface area (Å²) in [5.74, 6) is -1.70. The van der Waals surface area contributed by atoms with Gasteiger partial charge in [-0.25, -0.2) is 9.37 Å². The summed E-state index contributed by atoms with van der Waals surface area (Å²) >= 11 is 2.25. The van der Waals surface area contributed by atoms with Gasteiger partial charge in [0.15, 0.2) is 4.34 Å². The molecule has 0 bridgehead atoms. The number of non-ortho nitro benzene ring substituents is 1. The molecule has 0 fully saturated rings. The van der Waals surface area contributed by atoms with Crippen LogP contribution in [0.1, 0.15) is 5.69 Å². The lowest BCUT2D eigenvalue weighted by Crippen LogP contribution is -1.99. The molecule has 1 N–H and O–H groups in total. The van der Waals surface area contributed by atoms with E-state index in [1.54, 1.807) is 5.38 Å². The minimum Gasteiger partial charge on any atom is -0.481 e. The van der Waals surface area contributed by atoms with E-state index < -0.39 is 16.7 Å². The van der Waals surface area contributed by atoms with E-state index in [2.05, 4.69) is 4.98 Å². The Morgan fingerprint density at radius 3 is 2.90 bits per heavy atom. The number of nitro groups is 1. The molecule has 0 radical (unpaired) electrons. The number of benzene rings is 1. The van der Waals surface area contributed by atoms with Crippen LogP contribution in [0.5, 0.6) is 0 Å². The molecule has 0 saturated heterocycles. The average Bonchev–Trinajstić information content (AvgIpc) is 2.74. The van der Waals surface area contributed by atoms with Crippen molar-refractivity contribution >= 4 is 34.8 Å². The maximum atomic E-state index is 13.3. The van der Waals surface area contributed by atoms with Gasteiger partial charge in [-0.15, -0.1) is 11.3 Å². The van der Waals surface area contributed by atoms with Gasteiger partial charge in [0, 0.05) is 16.3 Å². The third-order valence-electron chi connectivity index (χ3n) is 2.14. The van der Waals surface area contributed by atoms with E-state index in [0.717, 1.165) is 23.9 Å². The first kappa shape index (κ1) is 14.4. The molecule has 6 nitrogen and oxygen atoms in total. The zero-order valence-corrected chi connectivity index (χ0v) is 11.4. The molecule has 0 aliphatic carbocycles. The Hall–Kier alpha value is -2.00. The molecule has 0 saturated carbocycles. The van der Waals surface area contributed by atoms with E-state index in [1.807, 2.05) is 0 Å². The van der Waals surface area contributed by atoms with Crippen molar-refractivity contribution in [2.24, 2.45) is 0 Å². The van der Waals surface area contributed by atoms with E-state index in [9.17, 15) is 19.3 Å². The molecule has 0 atom stereocenters. The number of aromatic nitrogens is 1. The van der Waals surface area contributed by atoms with Crippen LogP contribution in [0.25, 0.3) is 0 Å². The van der Waals surface area contributed by atoms with Gasteiger partial charge in [0.2, 0.25) is 0 Å². The molecule has 2 rings (SSSR count). The number of halogens is 1. The van der Waals surface area contributed by atoms with Crippen molar-refractivity contribution in [1.82, 2.24) is 4.98 Å². The molecule has 1 heterocycles. The minimum atomic E-state index is -0.992. The van der Waals surface area contributed by atoms with Gasteiger partial charge in [-0.1, -0.05) is 11.8 Å². The fraction of sp³-hybridized carbons (Fsp3) is 0.0909. The number of nitro benzene ring substituents is 1. The Kier molecular flexibility index (Phi) is 4.30. The van der Waals surface area contributed by atoms with Crippen molar-refractivity contribution in [2.45, 2.75) is 15.7 Å². The molecule has 104 valence electrons. The highest BCUT2D eigenvalue weighted by Crippen LogP contribution is 2.33. The van der Waals surface area contributed by atoms with Crippen LogP contribution in [0.3, 0.4) is 0 Å². The number of carboxylic acid groups (broad SMARTS) is 1. The Morgan fingerprint density at radius 1 is 1.50 bits per heavy atom. The van der Waals surface area contributed by atoms with Crippen LogP contribution >= 0.6 is 23.1 Å². The highest BCUT2D eigenvalue weighted by Gasteiger charge is 2.13. The van der Waals surface area contributed by atoms with E-state index in [-0.39, 0.29) is 12.1 Å². The molecule has 9 heteroatoms. The molecular formula is C11H7FN2O4S2. The van der Waals surface area contributed by atoms with Crippen molar-refractivity contribution in [3.05, 3.63) is 45.2 Å². The monoisotopic (exact) mass is 314 g/mol. The van der Waals surface area contributed by atoms with Crippen molar-refractivity contribution in [1.29, 1.82) is 0 Å². The number of hydrogen-bond acceptors (Lipinski definition) is 6. The number of carboxylic acids is 1. The van der Waals surface area contributed by atoms with Gasteiger partial charge in [0.1, 0.15) is 5.82 Å². The van der Waals surface area contributed by atoms with Gasteiger partial charge in [-0.2, -0.15) is 0 Å². The number of nitrogens with zero attached hydrogens (tertiary/aromatic N) is 2. The van der Waals surface area contributed by atoms with Crippen LogP contribution in [0.2, 0.25) is 0 Å². The first-order chi connectivity index (χ1) is 9.44. The van der Waals surface area contributed by atoms with Gasteiger partial charge in [0.05, 0.1) is 23.1 Å². The summed E-state index contributed by atoms with van der Waals surface area (Å²) in [6.07, 6.45) is -0.194. The highest BCUT2D eigenvalue weighted by atomic mass is 32.2. The summed E-state index contributed by atoms with van der Waals surface area (Å²) in [6.45, 7) is 0. The summed E-state index contributed by atoms with van der Waals surface area (Å²) in [6, 6.07) is 3.24. The van der Waals surface area contributed by atoms with Crippen LogP contribution < -0.4 is 0 Å². The van der Waals surface area contributed by atoms with E-state index in [1.165, 1.54) is 17.4 Å². The van der Waals surface area contributed by atoms with Gasteiger partial charge in [0.25, 0.3) is 5.69 Å². The Bertz CT molecular complexity index is 674. The molecule has 1 aromatic heterocycles. The quantitative estimate of drug-likeness (QED) is 0.673. The molecular weight excluding hydrogens is 307 g/mol. The lowest BCUT2D eigenvalue weighted by molar-refractivity contribution is -0.385. The summed E-state index contributed by atoms with van der Waals surface area (Å²) in [4.78, 5) is 24.9. The predicted molar refractivity (Wildman–Crippen MR) is 70.6 cm³/mol. The third-order valence-corrected chi connectivity index (χ3v) is 4.09. The number of rotatable bonds is 5. The van der Waals surface area contributed by atoms with Crippen LogP contribution in [-0.4, -0.2) is 21.0 Å². The Labute approximate surface area is 120 Å². The van der Waals surface area contributed by atoms with Crippen LogP contribution in [-0.2, 0) is 11.2 Å². The second-order valence-electron chi connectivity index (χ2n) is 3.68. The highest BCUT2D eigenvalue weighted by molar-refractivity contribution is 8.01. The lowest BCUT2D eigenvalue weighted by atomic mass is 10.3. The smallest absolute Gasteiger partial charge is 0.309 e. The second kappa shape index (κ2) is 5.97. The number of thiazole rings is 1. The Balaban J connectivity index is 2.19. The number of carbonyl (C=O) groups is 1. The summed E-state index contributed by atoms with van der Waals surface area (Å²) in [5, 5.41) is 20.9. The normalized spacial score (nSPS) is 10.4. The standard InChI is InChI=1S/C11H7FN2O4S2/c12-6-1-8(14(17)18)4-9(2-6)20-11-13-7(5-19-11)3-10(15)16/h1-2,4-5H,3H2,(H,15,16). The molecule has 20 heavy (non-hydrogen) atoms. The molecule has 0 unspecified atom stereocenters. The SMILES string of the molecule is O=C(O)Cc1csc(Sc2cc(F)cc([N+](=O)[O-])c2)n1. The molecule has 0 aliphatic rings. The molecule has 0 aliphatic heterocycles. The first-order valence-electron chi connectivity index (χ1n) is 5.23. The van der Waals surface area contributed by atoms with Gasteiger partial charge >= 0.3 is 5.97 Å². The lowest BCUT2D eigenvalue weighted by Gasteiger charge is -1.99. The maximum Gasteiger partial charge on any atom is 0.309 e. The van der Waals surface area contributed by atoms with E-state index in [0.29, 0.717) is 14.9 Å². The molecule has 1 aromatic carbocycles. The summed E-state index contributed by atoms with van der Waals surface area (Å²) < 4.78 is 13.8. The number of aliphatic carboxylic acids is 1. The zero-order valence-electron chi connectivity index (χ0n) is 9.78. The fourth-order valence-electron chi connectivity index (χ4n) is 1.38. The maximum absolute atomic E-state index is 13.3. The first-order valence-corrected chi connectivity index (χ1v) is 6.92. The zero-order chi connectivity index (χ0) is 14.7. The van der Waals surface area contributed by atoms with E-state index >= 15 is 0 Å². The average molecular weight is 314 g/mol. The Morgan fingerprint density at radius 2 is 2.25 bits per heavy atom. The predicted octanol–water partition coefficient (Wildman–Crippen LogP) is 2.97. The van der Waals surface area contributed by atoms with Gasteiger partial charge in [-0.3, -0.25) is 14.9 Å². The molecule has 0 amide bonds. The van der Waals surface area contributed by atoms with Crippen molar-refractivity contribution in [3.63, 3.8) is 0 Å². The van der Waals surface area contributed by atoms with Crippen LogP contribution in [0.4, 0.5) is 10.1 Å². The molecule has 0 spiro atoms. The van der Waals surface area contributed by atoms with Gasteiger partial charge in [-0.05, 0) is 6.07 Å². The van der Waals surface area contributed by atoms with Crippen LogP contribution in [0.15, 0.2) is 32.8 Å². The largest absolute Gasteiger partial charge is 0.481 e. The van der Waals surface area contributed by atoms with Crippen molar-refractivity contribution < 1.29 is 19.2 Å². The fourth-order valence-corrected chi connectivity index (χ4v) is 3.27. The van der Waals surface area contributed by atoms with Gasteiger partial charge < -0.3 is 5.11 Å². The van der Waals surface area contributed by atoms with Crippen LogP contribution in [0, 0.1) is 15.9 Å². The van der Waals surface area contributed by atoms with Crippen molar-refractivity contribution in [2.75, 3.05) is 0 Å².